The first-order valence-corrected chi connectivity index (χ1v) is 24.9. The summed E-state index contributed by atoms with van der Waals surface area (Å²) in [5, 5.41) is 30.1. The number of carbonyl (C=O) groups excluding carboxylic acids is 9. The summed E-state index contributed by atoms with van der Waals surface area (Å²) in [4.78, 5) is 132. The minimum atomic E-state index is -1.55. The van der Waals surface area contributed by atoms with Gasteiger partial charge in [-0.1, -0.05) is 69.2 Å². The Kier molecular flexibility index (Phi) is 30.3. The number of unbranched alkanes of at least 4 members (excludes halogenated alkanes) is 1. The molecule has 0 fully saturated rings. The van der Waals surface area contributed by atoms with E-state index in [2.05, 4.69) is 42.5 Å². The minimum absolute atomic E-state index is 0.0668. The zero-order chi connectivity index (χ0) is 52.4. The lowest BCUT2D eigenvalue weighted by atomic mass is 9.98. The number of rotatable bonds is 34. The van der Waals surface area contributed by atoms with Gasteiger partial charge in [0.2, 0.25) is 53.2 Å². The quantitative estimate of drug-likeness (QED) is 0.0349. The summed E-state index contributed by atoms with van der Waals surface area (Å²) in [5.74, 6) is -8.89. The fourth-order valence-electron chi connectivity index (χ4n) is 6.87. The van der Waals surface area contributed by atoms with Crippen molar-refractivity contribution < 1.29 is 53.1 Å². The molecule has 0 spiro atoms. The lowest BCUT2D eigenvalue weighted by Crippen LogP contribution is -2.61. The van der Waals surface area contributed by atoms with Gasteiger partial charge in [-0.15, -0.1) is 0 Å². The van der Waals surface area contributed by atoms with E-state index in [1.807, 2.05) is 41.5 Å². The lowest BCUT2D eigenvalue weighted by molar-refractivity contribution is -0.142. The monoisotopic (exact) mass is 986 g/mol. The van der Waals surface area contributed by atoms with Gasteiger partial charge in [0, 0.05) is 0 Å². The smallest absolute Gasteiger partial charge is 0.326 e. The summed E-state index contributed by atoms with van der Waals surface area (Å²) in [7, 11) is 0. The molecule has 0 saturated heterocycles. The van der Waals surface area contributed by atoms with E-state index in [0.29, 0.717) is 31.6 Å². The van der Waals surface area contributed by atoms with Crippen LogP contribution in [-0.4, -0.2) is 138 Å². The molecule has 22 nitrogen and oxygen atoms in total. The maximum atomic E-state index is 14.0. The van der Waals surface area contributed by atoms with Gasteiger partial charge in [0.25, 0.3) is 0 Å². The largest absolute Gasteiger partial charge is 0.480 e. The number of nitrogens with two attached hydrogens (primary N) is 3. The molecule has 15 N–H and O–H groups in total. The van der Waals surface area contributed by atoms with Gasteiger partial charge in [-0.2, -0.15) is 11.8 Å². The average molecular weight is 986 g/mol. The Morgan fingerprint density at radius 3 is 1.41 bits per heavy atom. The molecule has 0 aromatic rings. The molecule has 0 bridgehead atoms. The van der Waals surface area contributed by atoms with E-state index in [4.69, 9.17) is 17.2 Å². The number of hydrogen-bond acceptors (Lipinski definition) is 13. The number of carbonyl (C=O) groups is 10. The van der Waals surface area contributed by atoms with Crippen LogP contribution in [0.3, 0.4) is 0 Å². The summed E-state index contributed by atoms with van der Waals surface area (Å²) in [6.45, 7) is 17.5. The van der Waals surface area contributed by atoms with Gasteiger partial charge in [-0.05, 0) is 93.1 Å². The van der Waals surface area contributed by atoms with Crippen LogP contribution in [0, 0.1) is 29.6 Å². The molecule has 0 aliphatic rings. The summed E-state index contributed by atoms with van der Waals surface area (Å²) < 4.78 is 0. The highest BCUT2D eigenvalue weighted by atomic mass is 32.2. The van der Waals surface area contributed by atoms with E-state index >= 15 is 0 Å². The molecule has 0 aromatic heterocycles. The van der Waals surface area contributed by atoms with Crippen LogP contribution >= 0.6 is 11.8 Å². The third-order valence-electron chi connectivity index (χ3n) is 10.5. The van der Waals surface area contributed by atoms with Crippen molar-refractivity contribution in [3.05, 3.63) is 0 Å². The molecule has 0 aliphatic carbocycles. The Hall–Kier alpha value is -5.03. The van der Waals surface area contributed by atoms with Crippen LogP contribution in [-0.2, 0) is 47.9 Å². The number of carboxylic acids is 1. The predicted octanol–water partition coefficient (Wildman–Crippen LogP) is -0.884. The Morgan fingerprint density at radius 2 is 0.956 bits per heavy atom. The molecule has 0 unspecified atom stereocenters. The molecule has 8 atom stereocenters. The van der Waals surface area contributed by atoms with Crippen LogP contribution in [0.5, 0.6) is 0 Å². The summed E-state index contributed by atoms with van der Waals surface area (Å²) in [5.41, 5.74) is 17.0. The molecule has 0 rings (SSSR count). The zero-order valence-electron chi connectivity index (χ0n) is 42.0. The van der Waals surface area contributed by atoms with Crippen LogP contribution in [0.25, 0.3) is 0 Å². The molecule has 0 radical (unpaired) electrons. The van der Waals surface area contributed by atoms with Gasteiger partial charge in [-0.25, -0.2) is 4.79 Å². The first-order valence-electron chi connectivity index (χ1n) is 23.5. The number of amides is 9. The van der Waals surface area contributed by atoms with E-state index in [1.165, 1.54) is 11.8 Å². The number of carboxylic acid groups (broad SMARTS) is 1. The molecule has 23 heteroatoms. The molecular weight excluding hydrogens is 903 g/mol. The zero-order valence-corrected chi connectivity index (χ0v) is 42.8. The first kappa shape index (κ1) is 63.0. The third-order valence-corrected chi connectivity index (χ3v) is 11.2. The molecular formula is C45H83N11O11S. The van der Waals surface area contributed by atoms with Crippen LogP contribution in [0.2, 0.25) is 0 Å². The molecule has 0 heterocycles. The molecule has 9 amide bonds. The van der Waals surface area contributed by atoms with E-state index in [9.17, 15) is 53.1 Å². The molecule has 0 aromatic carbocycles. The SMILES string of the molecule is CSCC[C@H](NC(=O)[C@H](CC(N)=O)NC(=O)[C@@H](NC(=O)[C@@H](N)CC(C)C)C(C)C)C(=O)N[C@@H](CC(C)C)C(=O)N[C@H](C(=O)N[C@@H](CC(C)C)C(=O)NCC(=O)N[C@@H](CCCCN)C(=O)O)C(C)C. The van der Waals surface area contributed by atoms with E-state index < -0.39 is 132 Å². The van der Waals surface area contributed by atoms with Crippen molar-refractivity contribution in [2.24, 2.45) is 46.8 Å². The number of thioether (sulfide) groups is 1. The molecule has 0 saturated carbocycles. The van der Waals surface area contributed by atoms with Gasteiger partial charge in [0.15, 0.2) is 0 Å². The van der Waals surface area contributed by atoms with Crippen molar-refractivity contribution in [2.45, 2.75) is 169 Å². The second kappa shape index (κ2) is 32.7. The van der Waals surface area contributed by atoms with Gasteiger partial charge in [0.1, 0.15) is 42.3 Å². The summed E-state index contributed by atoms with van der Waals surface area (Å²) >= 11 is 1.37. The third kappa shape index (κ3) is 25.4. The Labute approximate surface area is 406 Å². The predicted molar refractivity (Wildman–Crippen MR) is 260 cm³/mol. The standard InChI is InChI=1S/C45H83N11O11S/c1-23(2)18-28(47)38(59)55-36(26(7)8)43(64)54-33(21-34(48)57)41(62)51-29(15-17-68-11)40(61)52-32(20-25(5)6)42(63)56-37(27(9)10)44(65)53-31(19-24(3)4)39(60)49-22-35(58)50-30(45(66)67)14-12-13-16-46/h23-33,36-37H,12-22,46-47H2,1-11H3,(H2,48,57)(H,49,60)(H,50,58)(H,51,62)(H,52,61)(H,53,65)(H,54,64)(H,55,59)(H,56,63)(H,66,67)/t28-,29-,30-,31-,32-,33-,36-,37-/m0/s1. The second-order valence-electron chi connectivity index (χ2n) is 19.1. The molecule has 390 valence electrons. The van der Waals surface area contributed by atoms with Gasteiger partial charge >= 0.3 is 5.97 Å². The van der Waals surface area contributed by atoms with Gasteiger partial charge < -0.3 is 64.8 Å². The maximum absolute atomic E-state index is 14.0. The van der Waals surface area contributed by atoms with Crippen molar-refractivity contribution in [1.29, 1.82) is 0 Å². The number of aliphatic carboxylic acids is 1. The fraction of sp³-hybridized carbons (Fsp3) is 0.778. The van der Waals surface area contributed by atoms with Crippen LogP contribution in [0.4, 0.5) is 0 Å². The minimum Gasteiger partial charge on any atom is -0.480 e. The second-order valence-corrected chi connectivity index (χ2v) is 20.1. The Bertz CT molecular complexity index is 1680. The highest BCUT2D eigenvalue weighted by molar-refractivity contribution is 7.98. The van der Waals surface area contributed by atoms with E-state index in [-0.39, 0.29) is 43.4 Å². The van der Waals surface area contributed by atoms with Crippen molar-refractivity contribution in [1.82, 2.24) is 42.5 Å². The van der Waals surface area contributed by atoms with Crippen LogP contribution in [0.1, 0.15) is 121 Å². The van der Waals surface area contributed by atoms with Crippen molar-refractivity contribution in [2.75, 3.05) is 25.1 Å². The normalized spacial score (nSPS) is 15.0. The summed E-state index contributed by atoms with van der Waals surface area (Å²) in [6.07, 6.45) is 3.01. The number of hydrogen-bond donors (Lipinski definition) is 12. The Balaban J connectivity index is 6.30. The molecule has 68 heavy (non-hydrogen) atoms. The molecule has 0 aliphatic heterocycles. The van der Waals surface area contributed by atoms with Crippen molar-refractivity contribution in [3.63, 3.8) is 0 Å². The van der Waals surface area contributed by atoms with Gasteiger partial charge in [-0.3, -0.25) is 43.2 Å². The maximum Gasteiger partial charge on any atom is 0.326 e. The van der Waals surface area contributed by atoms with E-state index in [1.54, 1.807) is 34.0 Å². The van der Waals surface area contributed by atoms with Crippen LogP contribution in [0.15, 0.2) is 0 Å². The number of nitrogens with one attached hydrogen (secondary N) is 8. The highest BCUT2D eigenvalue weighted by Gasteiger charge is 2.36. The first-order chi connectivity index (χ1) is 31.6. The van der Waals surface area contributed by atoms with Gasteiger partial charge in [0.05, 0.1) is 19.0 Å². The topological polar surface area (TPSA) is 365 Å². The number of primary amides is 1. The Morgan fingerprint density at radius 1 is 0.515 bits per heavy atom. The van der Waals surface area contributed by atoms with Crippen LogP contribution < -0.4 is 59.7 Å². The van der Waals surface area contributed by atoms with Crippen molar-refractivity contribution in [3.8, 4) is 0 Å². The lowest BCUT2D eigenvalue weighted by Gasteiger charge is -2.29. The summed E-state index contributed by atoms with van der Waals surface area (Å²) in [6, 6.07) is -9.61. The fourth-order valence-corrected chi connectivity index (χ4v) is 7.34. The van der Waals surface area contributed by atoms with E-state index in [0.717, 1.165) is 0 Å². The van der Waals surface area contributed by atoms with Crippen molar-refractivity contribution >= 4 is 70.9 Å². The highest BCUT2D eigenvalue weighted by Crippen LogP contribution is 2.13. The average Bonchev–Trinajstić information content (AvgIpc) is 3.22.